The largest absolute Gasteiger partial charge is 0.400 e. The minimum absolute atomic E-state index is 0. The fourth-order valence-electron chi connectivity index (χ4n) is 0.158. The molecule has 0 aromatic heterocycles. The van der Waals surface area contributed by atoms with Gasteiger partial charge in [-0.25, -0.2) is 0 Å². The molecule has 0 aliphatic rings. The van der Waals surface area contributed by atoms with Gasteiger partial charge in [0.05, 0.1) is 0 Å². The third-order valence-corrected chi connectivity index (χ3v) is 0.382. The Balaban J connectivity index is -0.0000000315. The smallest absolute Gasteiger partial charge is 0.0379 e. The van der Waals surface area contributed by atoms with Crippen LogP contribution < -0.4 is 0 Å². The third-order valence-electron chi connectivity index (χ3n) is 0.382. The van der Waals surface area contributed by atoms with Crippen LogP contribution in [0.4, 0.5) is 0 Å². The van der Waals surface area contributed by atoms with Crippen LogP contribution in [0.2, 0.25) is 0 Å². The van der Waals surface area contributed by atoms with E-state index < -0.39 is 0 Å². The van der Waals surface area contributed by atoms with Crippen LogP contribution in [-0.2, 0) is 32.7 Å². The molecule has 2 nitrogen and oxygen atoms in total. The van der Waals surface area contributed by atoms with Crippen molar-refractivity contribution in [3.8, 4) is 0 Å². The molecule has 0 aromatic rings. The van der Waals surface area contributed by atoms with E-state index in [2.05, 4.69) is 25.6 Å². The Labute approximate surface area is 90.0 Å². The van der Waals surface area contributed by atoms with E-state index >= 15 is 0 Å². The molecular weight excluding hydrogens is 203 g/mol. The van der Waals surface area contributed by atoms with E-state index in [0.29, 0.717) is 0 Å². The molecule has 1 radical (unpaired) electrons. The molecular formula is C7H18NOY-. The summed E-state index contributed by atoms with van der Waals surface area (Å²) in [4.78, 5) is 3.60. The molecule has 0 spiro atoms. The summed E-state index contributed by atoms with van der Waals surface area (Å²) in [6.45, 7) is 11.3. The summed E-state index contributed by atoms with van der Waals surface area (Å²) in [7, 11) is 1.00. The van der Waals surface area contributed by atoms with Gasteiger partial charge in [-0.05, 0) is 13.1 Å². The summed E-state index contributed by atoms with van der Waals surface area (Å²) >= 11 is 0. The van der Waals surface area contributed by atoms with Crippen LogP contribution in [0, 0.1) is 6.92 Å². The molecule has 10 heavy (non-hydrogen) atoms. The van der Waals surface area contributed by atoms with Gasteiger partial charge in [-0.1, -0.05) is 6.92 Å². The molecule has 0 fully saturated rings. The number of rotatable bonds is 2. The van der Waals surface area contributed by atoms with Crippen molar-refractivity contribution in [3.63, 3.8) is 0 Å². The SMILES string of the molecule is C=NCCC.CO.[CH2-]C.[Y]. The number of hydrogen-bond acceptors (Lipinski definition) is 2. The van der Waals surface area contributed by atoms with Gasteiger partial charge in [-0.3, -0.25) is 0 Å². The summed E-state index contributed by atoms with van der Waals surface area (Å²) in [6.07, 6.45) is 1.11. The predicted octanol–water partition coefficient (Wildman–Crippen LogP) is 1.54. The zero-order valence-corrected chi connectivity index (χ0v) is 10.1. The molecule has 0 rings (SSSR count). The first kappa shape index (κ1) is 22.4. The van der Waals surface area contributed by atoms with Gasteiger partial charge >= 0.3 is 0 Å². The van der Waals surface area contributed by atoms with Crippen molar-refractivity contribution in [2.24, 2.45) is 4.99 Å². The van der Waals surface area contributed by atoms with E-state index in [1.165, 1.54) is 0 Å². The summed E-state index contributed by atoms with van der Waals surface area (Å²) < 4.78 is 0. The first-order valence-corrected chi connectivity index (χ1v) is 2.99. The van der Waals surface area contributed by atoms with Gasteiger partial charge in [-0.2, -0.15) is 6.92 Å². The average molecular weight is 221 g/mol. The molecule has 0 saturated heterocycles. The van der Waals surface area contributed by atoms with Crippen LogP contribution in [-0.4, -0.2) is 25.5 Å². The Morgan fingerprint density at radius 1 is 1.40 bits per heavy atom. The standard InChI is InChI=1S/C4H9N.C2H5.CH4O.Y/c1-3-4-5-2;2*1-2;/h2-4H2,1H3;1H2,2H3;2H,1H3;/q;-1;;. The Morgan fingerprint density at radius 2 is 1.70 bits per heavy atom. The van der Waals surface area contributed by atoms with Gasteiger partial charge < -0.3 is 17.0 Å². The molecule has 0 aliphatic heterocycles. The minimum atomic E-state index is 0. The predicted molar refractivity (Wildman–Crippen MR) is 43.9 cm³/mol. The molecule has 0 unspecified atom stereocenters. The van der Waals surface area contributed by atoms with Gasteiger partial charge in [0.25, 0.3) is 0 Å². The van der Waals surface area contributed by atoms with Crippen molar-refractivity contribution >= 4 is 6.72 Å². The summed E-state index contributed by atoms with van der Waals surface area (Å²) in [5.74, 6) is 0. The molecule has 0 aliphatic carbocycles. The van der Waals surface area contributed by atoms with Crippen LogP contribution in [0.15, 0.2) is 4.99 Å². The van der Waals surface area contributed by atoms with Crippen LogP contribution in [0.5, 0.6) is 0 Å². The Kier molecular flexibility index (Phi) is 119. The van der Waals surface area contributed by atoms with Crippen LogP contribution in [0.1, 0.15) is 20.3 Å². The monoisotopic (exact) mass is 221 g/mol. The third kappa shape index (κ3) is 69.9. The van der Waals surface area contributed by atoms with Crippen LogP contribution in [0.25, 0.3) is 0 Å². The zero-order valence-electron chi connectivity index (χ0n) is 7.30. The summed E-state index contributed by atoms with van der Waals surface area (Å²) in [6, 6.07) is 0. The van der Waals surface area contributed by atoms with Gasteiger partial charge in [0.2, 0.25) is 0 Å². The molecule has 61 valence electrons. The summed E-state index contributed by atoms with van der Waals surface area (Å²) in [5, 5.41) is 7.00. The van der Waals surface area contributed by atoms with E-state index in [1.54, 1.807) is 6.92 Å². The Morgan fingerprint density at radius 3 is 1.70 bits per heavy atom. The number of aliphatic hydroxyl groups is 1. The van der Waals surface area contributed by atoms with Gasteiger partial charge in [-0.15, -0.1) is 0 Å². The molecule has 0 aromatic carbocycles. The van der Waals surface area contributed by atoms with Crippen LogP contribution in [0.3, 0.4) is 0 Å². The fraction of sp³-hybridized carbons (Fsp3) is 0.714. The molecule has 3 heteroatoms. The van der Waals surface area contributed by atoms with Crippen molar-refractivity contribution in [1.29, 1.82) is 0 Å². The van der Waals surface area contributed by atoms with Crippen LogP contribution >= 0.6 is 0 Å². The normalized spacial score (nSPS) is 4.90. The fourth-order valence-corrected chi connectivity index (χ4v) is 0.158. The molecule has 0 amide bonds. The zero-order chi connectivity index (χ0) is 8.12. The number of aliphatic hydroxyl groups excluding tert-OH is 1. The summed E-state index contributed by atoms with van der Waals surface area (Å²) in [5.41, 5.74) is 0. The molecule has 0 heterocycles. The maximum atomic E-state index is 7.00. The van der Waals surface area contributed by atoms with Gasteiger partial charge in [0.15, 0.2) is 0 Å². The molecule has 0 saturated carbocycles. The molecule has 0 atom stereocenters. The van der Waals surface area contributed by atoms with E-state index in [4.69, 9.17) is 5.11 Å². The number of aliphatic imine (C=N–C) groups is 1. The first-order valence-electron chi connectivity index (χ1n) is 2.99. The van der Waals surface area contributed by atoms with Crippen molar-refractivity contribution < 1.29 is 37.8 Å². The van der Waals surface area contributed by atoms with Gasteiger partial charge in [0, 0.05) is 46.4 Å². The molecule has 1 N–H and O–H groups in total. The second kappa shape index (κ2) is 53.3. The van der Waals surface area contributed by atoms with Crippen molar-refractivity contribution in [2.45, 2.75) is 20.3 Å². The number of hydrogen-bond donors (Lipinski definition) is 1. The van der Waals surface area contributed by atoms with Crippen molar-refractivity contribution in [3.05, 3.63) is 6.92 Å². The van der Waals surface area contributed by atoms with E-state index in [1.807, 2.05) is 0 Å². The van der Waals surface area contributed by atoms with E-state index in [9.17, 15) is 0 Å². The quantitative estimate of drug-likeness (QED) is 0.556. The van der Waals surface area contributed by atoms with Crippen molar-refractivity contribution in [1.82, 2.24) is 0 Å². The Bertz CT molecular complexity index is 34.8. The van der Waals surface area contributed by atoms with E-state index in [0.717, 1.165) is 20.1 Å². The topological polar surface area (TPSA) is 32.6 Å². The minimum Gasteiger partial charge on any atom is -0.400 e. The first-order chi connectivity index (χ1) is 4.41. The maximum Gasteiger partial charge on any atom is 0.0379 e. The second-order valence-electron chi connectivity index (χ2n) is 0.947. The maximum absolute atomic E-state index is 7.00. The second-order valence-corrected chi connectivity index (χ2v) is 0.947. The number of nitrogens with zero attached hydrogens (tertiary/aromatic N) is 1. The average Bonchev–Trinajstić information content (AvgIpc) is 1.98. The molecule has 0 bridgehead atoms. The Hall–Kier alpha value is 0.734. The van der Waals surface area contributed by atoms with E-state index in [-0.39, 0.29) is 32.7 Å². The van der Waals surface area contributed by atoms with Gasteiger partial charge in [0.1, 0.15) is 0 Å². The van der Waals surface area contributed by atoms with Crippen molar-refractivity contribution in [2.75, 3.05) is 13.7 Å².